The van der Waals surface area contributed by atoms with Crippen molar-refractivity contribution < 1.29 is 18.3 Å². The second kappa shape index (κ2) is 9.17. The Morgan fingerprint density at radius 2 is 2.04 bits per heavy atom. The van der Waals surface area contributed by atoms with Crippen molar-refractivity contribution >= 4 is 5.88 Å². The maximum atomic E-state index is 12.9. The fourth-order valence-electron chi connectivity index (χ4n) is 2.63. The van der Waals surface area contributed by atoms with Crippen LogP contribution in [0.3, 0.4) is 0 Å². The van der Waals surface area contributed by atoms with Crippen molar-refractivity contribution in [2.45, 2.75) is 13.0 Å². The number of rotatable bonds is 8. The Morgan fingerprint density at radius 1 is 1.27 bits per heavy atom. The fourth-order valence-corrected chi connectivity index (χ4v) is 2.63. The van der Waals surface area contributed by atoms with Gasteiger partial charge in [0.1, 0.15) is 17.6 Å². The molecule has 0 atom stereocenters. The van der Waals surface area contributed by atoms with Crippen molar-refractivity contribution in [3.8, 4) is 11.8 Å². The largest absolute Gasteiger partial charge is 0.484 e. The number of halogens is 1. The van der Waals surface area contributed by atoms with Crippen LogP contribution < -0.4 is 10.1 Å². The molecule has 7 nitrogen and oxygen atoms in total. The molecule has 1 N–H and O–H groups in total. The number of hydrogen-bond donors (Lipinski definition) is 1. The summed E-state index contributed by atoms with van der Waals surface area (Å²) >= 11 is 0. The average molecular weight is 360 g/mol. The first kappa shape index (κ1) is 18.2. The van der Waals surface area contributed by atoms with Gasteiger partial charge < -0.3 is 19.2 Å². The van der Waals surface area contributed by atoms with E-state index in [1.807, 2.05) is 6.07 Å². The van der Waals surface area contributed by atoms with Crippen LogP contribution in [0.5, 0.6) is 5.75 Å². The van der Waals surface area contributed by atoms with E-state index < -0.39 is 0 Å². The first-order valence-corrected chi connectivity index (χ1v) is 8.57. The van der Waals surface area contributed by atoms with Gasteiger partial charge in [-0.15, -0.1) is 0 Å². The Labute approximate surface area is 151 Å². The van der Waals surface area contributed by atoms with E-state index in [0.29, 0.717) is 24.1 Å². The van der Waals surface area contributed by atoms with Gasteiger partial charge in [0, 0.05) is 19.6 Å². The molecule has 1 aliphatic heterocycles. The van der Waals surface area contributed by atoms with Crippen LogP contribution in [0.4, 0.5) is 10.3 Å². The molecule has 1 aromatic heterocycles. The lowest BCUT2D eigenvalue weighted by Crippen LogP contribution is -2.37. The number of ether oxygens (including phenoxy) is 2. The average Bonchev–Trinajstić information content (AvgIpc) is 3.08. The normalized spacial score (nSPS) is 14.8. The van der Waals surface area contributed by atoms with E-state index in [9.17, 15) is 9.65 Å². The lowest BCUT2D eigenvalue weighted by molar-refractivity contribution is 0.0378. The maximum Gasteiger partial charge on any atom is 0.236 e. The highest BCUT2D eigenvalue weighted by Crippen LogP contribution is 2.19. The summed E-state index contributed by atoms with van der Waals surface area (Å²) in [6.07, 6.45) is 0.924. The molecule has 1 aliphatic rings. The van der Waals surface area contributed by atoms with E-state index in [1.54, 1.807) is 0 Å². The van der Waals surface area contributed by atoms with Gasteiger partial charge in [-0.1, -0.05) is 0 Å². The summed E-state index contributed by atoms with van der Waals surface area (Å²) in [4.78, 5) is 6.46. The van der Waals surface area contributed by atoms with E-state index in [-0.39, 0.29) is 18.1 Å². The van der Waals surface area contributed by atoms with Crippen LogP contribution in [0.2, 0.25) is 0 Å². The summed E-state index contributed by atoms with van der Waals surface area (Å²) < 4.78 is 29.3. The highest BCUT2D eigenvalue weighted by atomic mass is 19.1. The van der Waals surface area contributed by atoms with Crippen molar-refractivity contribution in [3.63, 3.8) is 0 Å². The third kappa shape index (κ3) is 5.18. The third-order valence-corrected chi connectivity index (χ3v) is 3.99. The molecule has 0 aliphatic carbocycles. The molecule has 2 aromatic rings. The fraction of sp³-hybridized carbons (Fsp3) is 0.444. The predicted octanol–water partition coefficient (Wildman–Crippen LogP) is 2.40. The van der Waals surface area contributed by atoms with Gasteiger partial charge in [0.15, 0.2) is 6.61 Å². The maximum absolute atomic E-state index is 12.9. The monoisotopic (exact) mass is 360 g/mol. The number of nitrogens with zero attached hydrogens (tertiary/aromatic N) is 3. The molecule has 2 heterocycles. The van der Waals surface area contributed by atoms with Crippen molar-refractivity contribution in [1.29, 1.82) is 5.26 Å². The number of oxazole rings is 1. The zero-order valence-corrected chi connectivity index (χ0v) is 14.4. The van der Waals surface area contributed by atoms with Crippen molar-refractivity contribution in [1.82, 2.24) is 9.88 Å². The minimum Gasteiger partial charge on any atom is -0.484 e. The number of benzene rings is 1. The van der Waals surface area contributed by atoms with E-state index in [0.717, 1.165) is 39.3 Å². The molecule has 1 aromatic carbocycles. The van der Waals surface area contributed by atoms with Gasteiger partial charge in [0.25, 0.3) is 0 Å². The lowest BCUT2D eigenvalue weighted by atomic mass is 10.3. The van der Waals surface area contributed by atoms with Crippen LogP contribution in [0, 0.1) is 17.1 Å². The smallest absolute Gasteiger partial charge is 0.236 e. The Balaban J connectivity index is 1.46. The molecule has 0 amide bonds. The molecular weight excluding hydrogens is 339 g/mol. The zero-order valence-electron chi connectivity index (χ0n) is 14.4. The molecular formula is C18H21FN4O3. The summed E-state index contributed by atoms with van der Waals surface area (Å²) in [5.41, 5.74) is 0.203. The molecule has 0 unspecified atom stereocenters. The first-order valence-electron chi connectivity index (χ1n) is 8.57. The number of anilines is 1. The van der Waals surface area contributed by atoms with Gasteiger partial charge in [-0.2, -0.15) is 10.2 Å². The number of hydrogen-bond acceptors (Lipinski definition) is 7. The van der Waals surface area contributed by atoms with Crippen LogP contribution in [-0.4, -0.2) is 49.3 Å². The summed E-state index contributed by atoms with van der Waals surface area (Å²) in [5.74, 6) is 0.820. The molecule has 1 fully saturated rings. The Hall–Kier alpha value is -2.63. The Bertz CT molecular complexity index is 736. The van der Waals surface area contributed by atoms with E-state index >= 15 is 0 Å². The number of morpholine rings is 1. The van der Waals surface area contributed by atoms with Gasteiger partial charge in [-0.05, 0) is 37.2 Å². The highest BCUT2D eigenvalue weighted by Gasteiger charge is 2.14. The molecule has 138 valence electrons. The third-order valence-electron chi connectivity index (χ3n) is 3.99. The lowest BCUT2D eigenvalue weighted by Gasteiger charge is -2.26. The standard InChI is InChI=1S/C18H21FN4O3/c19-14-2-4-15(5-3-14)25-13-17-22-16(12-20)18(26-17)21-6-1-7-23-8-10-24-11-9-23/h2-5,21H,1,6-11,13H2. The Kier molecular flexibility index (Phi) is 6.41. The van der Waals surface area contributed by atoms with Crippen LogP contribution >= 0.6 is 0 Å². The van der Waals surface area contributed by atoms with Crippen LogP contribution in [0.15, 0.2) is 28.7 Å². The molecule has 8 heteroatoms. The van der Waals surface area contributed by atoms with Crippen LogP contribution in [0.1, 0.15) is 18.0 Å². The molecule has 3 rings (SSSR count). The number of nitrogens with one attached hydrogen (secondary N) is 1. The second-order valence-corrected chi connectivity index (χ2v) is 5.87. The molecule has 1 saturated heterocycles. The number of aromatic nitrogens is 1. The zero-order chi connectivity index (χ0) is 18.2. The van der Waals surface area contributed by atoms with Gasteiger partial charge in [0.2, 0.25) is 17.5 Å². The second-order valence-electron chi connectivity index (χ2n) is 5.87. The first-order chi connectivity index (χ1) is 12.7. The van der Waals surface area contributed by atoms with E-state index in [1.165, 1.54) is 24.3 Å². The quantitative estimate of drug-likeness (QED) is 0.724. The molecule has 0 bridgehead atoms. The number of nitriles is 1. The molecule has 26 heavy (non-hydrogen) atoms. The van der Waals surface area contributed by atoms with Gasteiger partial charge in [0.05, 0.1) is 13.2 Å². The van der Waals surface area contributed by atoms with Gasteiger partial charge in [-0.3, -0.25) is 4.90 Å². The van der Waals surface area contributed by atoms with Crippen molar-refractivity contribution in [2.75, 3.05) is 44.7 Å². The minimum atomic E-state index is -0.330. The van der Waals surface area contributed by atoms with Gasteiger partial charge in [-0.25, -0.2) is 4.39 Å². The van der Waals surface area contributed by atoms with E-state index in [4.69, 9.17) is 13.9 Å². The summed E-state index contributed by atoms with van der Waals surface area (Å²) in [6, 6.07) is 7.68. The molecule has 0 radical (unpaired) electrons. The summed E-state index contributed by atoms with van der Waals surface area (Å²) in [6.45, 7) is 5.19. The summed E-state index contributed by atoms with van der Waals surface area (Å²) in [5, 5.41) is 12.3. The topological polar surface area (TPSA) is 83.5 Å². The predicted molar refractivity (Wildman–Crippen MR) is 92.3 cm³/mol. The van der Waals surface area contributed by atoms with E-state index in [2.05, 4.69) is 15.2 Å². The minimum absolute atomic E-state index is 0.0652. The van der Waals surface area contributed by atoms with Gasteiger partial charge >= 0.3 is 0 Å². The molecule has 0 saturated carbocycles. The van der Waals surface area contributed by atoms with Crippen molar-refractivity contribution in [3.05, 3.63) is 41.7 Å². The van der Waals surface area contributed by atoms with Crippen LogP contribution in [0.25, 0.3) is 0 Å². The SMILES string of the molecule is N#Cc1nc(COc2ccc(F)cc2)oc1NCCCN1CCOCC1. The van der Waals surface area contributed by atoms with Crippen LogP contribution in [-0.2, 0) is 11.3 Å². The molecule has 0 spiro atoms. The Morgan fingerprint density at radius 3 is 2.77 bits per heavy atom. The summed E-state index contributed by atoms with van der Waals surface area (Å²) in [7, 11) is 0. The highest BCUT2D eigenvalue weighted by molar-refractivity contribution is 5.45. The van der Waals surface area contributed by atoms with Crippen molar-refractivity contribution in [2.24, 2.45) is 0 Å².